The Morgan fingerprint density at radius 3 is 2.52 bits per heavy atom. The molecule has 112 valence electrons. The van der Waals surface area contributed by atoms with Gasteiger partial charge in [0.15, 0.2) is 0 Å². The number of aryl methyl sites for hydroxylation is 2. The van der Waals surface area contributed by atoms with E-state index in [9.17, 15) is 0 Å². The van der Waals surface area contributed by atoms with Crippen molar-refractivity contribution in [2.45, 2.75) is 33.2 Å². The monoisotopic (exact) mass is 284 g/mol. The molecule has 0 amide bonds. The Kier molecular flexibility index (Phi) is 5.34. The van der Waals surface area contributed by atoms with Crippen molar-refractivity contribution < 1.29 is 4.74 Å². The lowest BCUT2D eigenvalue weighted by Crippen LogP contribution is -2.24. The van der Waals surface area contributed by atoms with Gasteiger partial charge in [0.25, 0.3) is 0 Å². The number of ether oxygens (including phenoxy) is 1. The molecular weight excluding hydrogens is 260 g/mol. The van der Waals surface area contributed by atoms with E-state index in [-0.39, 0.29) is 6.04 Å². The summed E-state index contributed by atoms with van der Waals surface area (Å²) in [5.41, 5.74) is 5.02. The van der Waals surface area contributed by atoms with Crippen molar-refractivity contribution in [3.63, 3.8) is 0 Å². The van der Waals surface area contributed by atoms with Gasteiger partial charge in [-0.05, 0) is 67.3 Å². The largest absolute Gasteiger partial charge is 0.497 e. The molecule has 1 unspecified atom stereocenters. The van der Waals surface area contributed by atoms with Crippen LogP contribution in [0.15, 0.2) is 36.7 Å². The first-order chi connectivity index (χ1) is 10.2. The summed E-state index contributed by atoms with van der Waals surface area (Å²) in [6, 6.07) is 8.57. The van der Waals surface area contributed by atoms with E-state index in [1.54, 1.807) is 7.11 Å². The van der Waals surface area contributed by atoms with Gasteiger partial charge in [-0.15, -0.1) is 0 Å². The van der Waals surface area contributed by atoms with Crippen LogP contribution < -0.4 is 10.1 Å². The highest BCUT2D eigenvalue weighted by molar-refractivity contribution is 5.42. The van der Waals surface area contributed by atoms with Crippen LogP contribution in [0.2, 0.25) is 0 Å². The number of nitrogens with one attached hydrogen (secondary N) is 1. The third kappa shape index (κ3) is 3.61. The average molecular weight is 284 g/mol. The summed E-state index contributed by atoms with van der Waals surface area (Å²) >= 11 is 0. The van der Waals surface area contributed by atoms with Gasteiger partial charge in [-0.25, -0.2) is 0 Å². The van der Waals surface area contributed by atoms with Crippen molar-refractivity contribution in [3.8, 4) is 5.75 Å². The summed E-state index contributed by atoms with van der Waals surface area (Å²) in [4.78, 5) is 4.20. The molecule has 0 radical (unpaired) electrons. The summed E-state index contributed by atoms with van der Waals surface area (Å²) < 4.78 is 5.31. The molecule has 3 heteroatoms. The molecule has 21 heavy (non-hydrogen) atoms. The van der Waals surface area contributed by atoms with Crippen molar-refractivity contribution >= 4 is 0 Å². The normalized spacial score (nSPS) is 12.2. The maximum absolute atomic E-state index is 5.31. The number of pyridine rings is 1. The Morgan fingerprint density at radius 2 is 1.90 bits per heavy atom. The van der Waals surface area contributed by atoms with Gasteiger partial charge >= 0.3 is 0 Å². The number of nitrogens with zero attached hydrogens (tertiary/aromatic N) is 1. The molecule has 0 saturated heterocycles. The highest BCUT2D eigenvalue weighted by Crippen LogP contribution is 2.29. The van der Waals surface area contributed by atoms with Gasteiger partial charge < -0.3 is 10.1 Å². The van der Waals surface area contributed by atoms with E-state index in [0.717, 1.165) is 18.7 Å². The minimum atomic E-state index is 0.193. The lowest BCUT2D eigenvalue weighted by molar-refractivity contribution is 0.414. The van der Waals surface area contributed by atoms with Crippen molar-refractivity contribution in [3.05, 3.63) is 58.9 Å². The lowest BCUT2D eigenvalue weighted by atomic mass is 9.93. The Bertz CT molecular complexity index is 596. The third-order valence-electron chi connectivity index (χ3n) is 3.76. The first kappa shape index (κ1) is 15.5. The Balaban J connectivity index is 2.43. The van der Waals surface area contributed by atoms with E-state index in [1.165, 1.54) is 22.3 Å². The number of hydrogen-bond acceptors (Lipinski definition) is 3. The molecule has 1 N–H and O–H groups in total. The van der Waals surface area contributed by atoms with Crippen molar-refractivity contribution in [2.24, 2.45) is 0 Å². The summed E-state index contributed by atoms with van der Waals surface area (Å²) in [6.45, 7) is 7.42. The molecule has 1 heterocycles. The molecular formula is C18H24N2O. The highest BCUT2D eigenvalue weighted by atomic mass is 16.5. The van der Waals surface area contributed by atoms with Gasteiger partial charge in [-0.1, -0.05) is 13.0 Å². The Morgan fingerprint density at radius 1 is 1.14 bits per heavy atom. The molecule has 2 aromatic rings. The number of hydrogen-bond donors (Lipinski definition) is 1. The van der Waals surface area contributed by atoms with Gasteiger partial charge in [0, 0.05) is 12.4 Å². The number of benzene rings is 1. The van der Waals surface area contributed by atoms with Gasteiger partial charge in [0.05, 0.1) is 13.2 Å². The molecule has 0 aliphatic heterocycles. The SMILES string of the molecule is CCCNC(c1ccncc1C)c1ccc(OC)cc1C. The minimum absolute atomic E-state index is 0.193. The lowest BCUT2D eigenvalue weighted by Gasteiger charge is -2.23. The molecule has 1 aromatic heterocycles. The zero-order chi connectivity index (χ0) is 15.2. The van der Waals surface area contributed by atoms with Crippen LogP contribution in [-0.4, -0.2) is 18.6 Å². The van der Waals surface area contributed by atoms with Crippen LogP contribution in [0.4, 0.5) is 0 Å². The van der Waals surface area contributed by atoms with Crippen molar-refractivity contribution in [2.75, 3.05) is 13.7 Å². The topological polar surface area (TPSA) is 34.2 Å². The summed E-state index contributed by atoms with van der Waals surface area (Å²) in [5, 5.41) is 3.65. The van der Waals surface area contributed by atoms with Gasteiger partial charge in [-0.2, -0.15) is 0 Å². The second kappa shape index (κ2) is 7.23. The van der Waals surface area contributed by atoms with E-state index in [2.05, 4.69) is 49.3 Å². The Labute approximate surface area is 127 Å². The first-order valence-electron chi connectivity index (χ1n) is 7.45. The molecule has 0 aliphatic rings. The molecule has 0 aliphatic carbocycles. The second-order valence-electron chi connectivity index (χ2n) is 5.34. The first-order valence-corrected chi connectivity index (χ1v) is 7.45. The third-order valence-corrected chi connectivity index (χ3v) is 3.76. The smallest absolute Gasteiger partial charge is 0.119 e. The zero-order valence-corrected chi connectivity index (χ0v) is 13.3. The molecule has 0 spiro atoms. The second-order valence-corrected chi connectivity index (χ2v) is 5.34. The zero-order valence-electron chi connectivity index (χ0n) is 13.3. The van der Waals surface area contributed by atoms with E-state index in [4.69, 9.17) is 4.74 Å². The molecule has 2 rings (SSSR count). The van der Waals surface area contributed by atoms with Gasteiger partial charge in [0.2, 0.25) is 0 Å². The number of rotatable bonds is 6. The summed E-state index contributed by atoms with van der Waals surface area (Å²) in [6.07, 6.45) is 4.90. The molecule has 1 aromatic carbocycles. The summed E-state index contributed by atoms with van der Waals surface area (Å²) in [7, 11) is 1.70. The average Bonchev–Trinajstić information content (AvgIpc) is 2.50. The quantitative estimate of drug-likeness (QED) is 0.876. The fraction of sp³-hybridized carbons (Fsp3) is 0.389. The molecule has 0 saturated carbocycles. The maximum Gasteiger partial charge on any atom is 0.119 e. The minimum Gasteiger partial charge on any atom is -0.497 e. The van der Waals surface area contributed by atoms with E-state index >= 15 is 0 Å². The van der Waals surface area contributed by atoms with Crippen LogP contribution >= 0.6 is 0 Å². The fourth-order valence-electron chi connectivity index (χ4n) is 2.58. The predicted octanol–water partition coefficient (Wildman–Crippen LogP) is 3.80. The molecule has 0 fully saturated rings. The maximum atomic E-state index is 5.31. The van der Waals surface area contributed by atoms with Crippen LogP contribution in [0.1, 0.15) is 41.6 Å². The van der Waals surface area contributed by atoms with E-state index in [1.807, 2.05) is 18.5 Å². The fourth-order valence-corrected chi connectivity index (χ4v) is 2.58. The molecule has 3 nitrogen and oxygen atoms in total. The van der Waals surface area contributed by atoms with E-state index < -0.39 is 0 Å². The van der Waals surface area contributed by atoms with Crippen molar-refractivity contribution in [1.29, 1.82) is 0 Å². The van der Waals surface area contributed by atoms with Gasteiger partial charge in [0.1, 0.15) is 5.75 Å². The van der Waals surface area contributed by atoms with Crippen molar-refractivity contribution in [1.82, 2.24) is 10.3 Å². The van der Waals surface area contributed by atoms with Crippen LogP contribution in [-0.2, 0) is 0 Å². The van der Waals surface area contributed by atoms with Crippen LogP contribution in [0.3, 0.4) is 0 Å². The highest BCUT2D eigenvalue weighted by Gasteiger charge is 2.17. The van der Waals surface area contributed by atoms with Crippen LogP contribution in [0, 0.1) is 13.8 Å². The van der Waals surface area contributed by atoms with E-state index in [0.29, 0.717) is 0 Å². The summed E-state index contributed by atoms with van der Waals surface area (Å²) in [5.74, 6) is 0.900. The molecule has 0 bridgehead atoms. The van der Waals surface area contributed by atoms with Crippen LogP contribution in [0.5, 0.6) is 5.75 Å². The standard InChI is InChI=1S/C18H24N2O/c1-5-9-20-18(17-8-10-19-12-14(17)3)16-7-6-15(21-4)11-13(16)2/h6-8,10-12,18,20H,5,9H2,1-4H3. The number of aromatic nitrogens is 1. The molecule has 1 atom stereocenters. The Hall–Kier alpha value is -1.87. The van der Waals surface area contributed by atoms with Gasteiger partial charge in [-0.3, -0.25) is 4.98 Å². The van der Waals surface area contributed by atoms with Crippen LogP contribution in [0.25, 0.3) is 0 Å². The number of methoxy groups -OCH3 is 1. The predicted molar refractivity (Wildman–Crippen MR) is 86.8 cm³/mol.